The lowest BCUT2D eigenvalue weighted by Crippen LogP contribution is -2.38. The molecule has 2 atom stereocenters. The van der Waals surface area contributed by atoms with Crippen LogP contribution in [-0.4, -0.2) is 28.3 Å². The summed E-state index contributed by atoms with van der Waals surface area (Å²) in [5.41, 5.74) is -0.298. The lowest BCUT2D eigenvalue weighted by Gasteiger charge is -2.29. The molecule has 1 aliphatic rings. The number of anilines is 1. The van der Waals surface area contributed by atoms with E-state index in [1.807, 2.05) is 20.8 Å². The van der Waals surface area contributed by atoms with Crippen LogP contribution in [0.4, 0.5) is 5.82 Å². The van der Waals surface area contributed by atoms with E-state index in [1.165, 1.54) is 0 Å². The summed E-state index contributed by atoms with van der Waals surface area (Å²) in [5.74, 6) is 0.441. The van der Waals surface area contributed by atoms with E-state index >= 15 is 0 Å². The Kier molecular flexibility index (Phi) is 3.94. The Morgan fingerprint density at radius 3 is 2.84 bits per heavy atom. The molecule has 106 valence electrons. The second kappa shape index (κ2) is 5.33. The van der Waals surface area contributed by atoms with Gasteiger partial charge in [0.05, 0.1) is 6.10 Å². The first kappa shape index (κ1) is 14.1. The van der Waals surface area contributed by atoms with Gasteiger partial charge >= 0.3 is 0 Å². The number of hydrogen-bond donors (Lipinski definition) is 1. The van der Waals surface area contributed by atoms with E-state index in [0.717, 1.165) is 19.4 Å². The molecule has 0 radical (unpaired) electrons. The molecule has 0 aliphatic carbocycles. The maximum Gasteiger partial charge on any atom is 0.293 e. The molecule has 1 fully saturated rings. The van der Waals surface area contributed by atoms with Crippen molar-refractivity contribution in [1.82, 2.24) is 9.55 Å². The van der Waals surface area contributed by atoms with Crippen molar-refractivity contribution in [2.45, 2.75) is 58.2 Å². The molecule has 1 aliphatic heterocycles. The maximum atomic E-state index is 12.4. The second-order valence-corrected chi connectivity index (χ2v) is 6.17. The summed E-state index contributed by atoms with van der Waals surface area (Å²) >= 11 is 0. The van der Waals surface area contributed by atoms with Crippen LogP contribution in [0.5, 0.6) is 0 Å². The highest BCUT2D eigenvalue weighted by Gasteiger charge is 2.22. The molecule has 19 heavy (non-hydrogen) atoms. The number of hydrogen-bond acceptors (Lipinski definition) is 4. The van der Waals surface area contributed by atoms with E-state index in [9.17, 15) is 4.79 Å². The van der Waals surface area contributed by atoms with Gasteiger partial charge in [0.15, 0.2) is 5.82 Å². The monoisotopic (exact) mass is 265 g/mol. The van der Waals surface area contributed by atoms with Crippen molar-refractivity contribution >= 4 is 5.82 Å². The third-order valence-corrected chi connectivity index (χ3v) is 3.39. The molecule has 5 nitrogen and oxygen atoms in total. The highest BCUT2D eigenvalue weighted by atomic mass is 16.5. The molecule has 0 bridgehead atoms. The van der Waals surface area contributed by atoms with Gasteiger partial charge in [0.2, 0.25) is 0 Å². The Hall–Kier alpha value is -1.36. The minimum Gasteiger partial charge on any atom is -0.378 e. The number of nitrogens with zero attached hydrogens (tertiary/aromatic N) is 2. The van der Waals surface area contributed by atoms with Crippen LogP contribution in [0.2, 0.25) is 0 Å². The normalized spacial score (nSPS) is 24.2. The number of rotatable bonds is 2. The fourth-order valence-corrected chi connectivity index (χ4v) is 2.36. The topological polar surface area (TPSA) is 56.2 Å². The van der Waals surface area contributed by atoms with Gasteiger partial charge in [-0.1, -0.05) is 0 Å². The highest BCUT2D eigenvalue weighted by molar-refractivity contribution is 5.32. The van der Waals surface area contributed by atoms with Gasteiger partial charge in [-0.15, -0.1) is 0 Å². The summed E-state index contributed by atoms with van der Waals surface area (Å²) in [6.07, 6.45) is 5.47. The van der Waals surface area contributed by atoms with Gasteiger partial charge < -0.3 is 14.6 Å². The Morgan fingerprint density at radius 2 is 2.21 bits per heavy atom. The predicted molar refractivity (Wildman–Crippen MR) is 75.6 cm³/mol. The van der Waals surface area contributed by atoms with Gasteiger partial charge in [0.1, 0.15) is 0 Å². The zero-order valence-electron chi connectivity index (χ0n) is 12.1. The van der Waals surface area contributed by atoms with E-state index < -0.39 is 0 Å². The van der Waals surface area contributed by atoms with Gasteiger partial charge in [0, 0.05) is 30.6 Å². The fourth-order valence-electron chi connectivity index (χ4n) is 2.36. The largest absolute Gasteiger partial charge is 0.378 e. The molecule has 5 heteroatoms. The molecule has 2 rings (SSSR count). The standard InChI is InChI=1S/C14H23N3O2/c1-10-9-11(5-8-19-10)16-12-13(18)17(7-6-15-12)14(2,3)4/h6-7,10-11H,5,8-9H2,1-4H3,(H,15,16). The van der Waals surface area contributed by atoms with Gasteiger partial charge in [-0.05, 0) is 40.5 Å². The third-order valence-electron chi connectivity index (χ3n) is 3.39. The first-order valence-electron chi connectivity index (χ1n) is 6.84. The van der Waals surface area contributed by atoms with Crippen LogP contribution in [-0.2, 0) is 10.3 Å². The van der Waals surface area contributed by atoms with Gasteiger partial charge in [-0.3, -0.25) is 4.79 Å². The van der Waals surface area contributed by atoms with Crippen LogP contribution in [0.3, 0.4) is 0 Å². The average Bonchev–Trinajstić information content (AvgIpc) is 2.30. The van der Waals surface area contributed by atoms with Gasteiger partial charge in [-0.2, -0.15) is 0 Å². The summed E-state index contributed by atoms with van der Waals surface area (Å²) in [5, 5.41) is 3.27. The van der Waals surface area contributed by atoms with Crippen LogP contribution in [0, 0.1) is 0 Å². The van der Waals surface area contributed by atoms with E-state index in [0.29, 0.717) is 5.82 Å². The van der Waals surface area contributed by atoms with Crippen LogP contribution in [0.15, 0.2) is 17.2 Å². The molecule has 0 aromatic carbocycles. The Balaban J connectivity index is 2.19. The number of nitrogens with one attached hydrogen (secondary N) is 1. The zero-order chi connectivity index (χ0) is 14.0. The molecule has 2 unspecified atom stereocenters. The minimum atomic E-state index is -0.237. The van der Waals surface area contributed by atoms with Crippen LogP contribution in [0.25, 0.3) is 0 Å². The number of aromatic nitrogens is 2. The molecule has 1 aromatic heterocycles. The lowest BCUT2D eigenvalue weighted by atomic mass is 10.0. The lowest BCUT2D eigenvalue weighted by molar-refractivity contribution is 0.0231. The molecule has 0 saturated carbocycles. The van der Waals surface area contributed by atoms with Crippen molar-refractivity contribution in [3.05, 3.63) is 22.7 Å². The minimum absolute atomic E-state index is 0.0610. The molecular weight excluding hydrogens is 242 g/mol. The molecule has 0 amide bonds. The molecular formula is C14H23N3O2. The summed E-state index contributed by atoms with van der Waals surface area (Å²) in [7, 11) is 0. The first-order valence-corrected chi connectivity index (χ1v) is 6.84. The van der Waals surface area contributed by atoms with Crippen LogP contribution < -0.4 is 10.9 Å². The van der Waals surface area contributed by atoms with E-state index in [-0.39, 0.29) is 23.2 Å². The van der Waals surface area contributed by atoms with E-state index in [1.54, 1.807) is 17.0 Å². The number of ether oxygens (including phenoxy) is 1. The van der Waals surface area contributed by atoms with Crippen LogP contribution >= 0.6 is 0 Å². The van der Waals surface area contributed by atoms with Gasteiger partial charge in [-0.25, -0.2) is 4.98 Å². The molecule has 0 spiro atoms. The second-order valence-electron chi connectivity index (χ2n) is 6.17. The van der Waals surface area contributed by atoms with Crippen molar-refractivity contribution < 1.29 is 4.74 Å². The molecule has 1 N–H and O–H groups in total. The van der Waals surface area contributed by atoms with Gasteiger partial charge in [0.25, 0.3) is 5.56 Å². The third kappa shape index (κ3) is 3.35. The molecule has 2 heterocycles. The highest BCUT2D eigenvalue weighted by Crippen LogP contribution is 2.17. The summed E-state index contributed by atoms with van der Waals surface area (Å²) < 4.78 is 7.22. The first-order chi connectivity index (χ1) is 8.88. The fraction of sp³-hybridized carbons (Fsp3) is 0.714. The predicted octanol–water partition coefficient (Wildman–Crippen LogP) is 1.98. The van der Waals surface area contributed by atoms with E-state index in [4.69, 9.17) is 4.74 Å². The summed E-state index contributed by atoms with van der Waals surface area (Å²) in [6, 6.07) is 0.264. The molecule has 1 saturated heterocycles. The summed E-state index contributed by atoms with van der Waals surface area (Å²) in [4.78, 5) is 16.6. The smallest absolute Gasteiger partial charge is 0.293 e. The Morgan fingerprint density at radius 1 is 1.47 bits per heavy atom. The molecule has 1 aromatic rings. The van der Waals surface area contributed by atoms with Crippen molar-refractivity contribution in [3.8, 4) is 0 Å². The Labute approximate surface area is 114 Å². The van der Waals surface area contributed by atoms with Crippen molar-refractivity contribution in [1.29, 1.82) is 0 Å². The maximum absolute atomic E-state index is 12.4. The Bertz CT molecular complexity index is 490. The SMILES string of the molecule is CC1CC(Nc2nccn(C(C)(C)C)c2=O)CCO1. The van der Waals surface area contributed by atoms with E-state index in [2.05, 4.69) is 17.2 Å². The van der Waals surface area contributed by atoms with Crippen LogP contribution in [0.1, 0.15) is 40.5 Å². The zero-order valence-corrected chi connectivity index (χ0v) is 12.1. The van der Waals surface area contributed by atoms with Crippen molar-refractivity contribution in [2.75, 3.05) is 11.9 Å². The average molecular weight is 265 g/mol. The van der Waals surface area contributed by atoms with Crippen molar-refractivity contribution in [2.24, 2.45) is 0 Å². The quantitative estimate of drug-likeness (QED) is 0.888. The van der Waals surface area contributed by atoms with Crippen molar-refractivity contribution in [3.63, 3.8) is 0 Å². The summed E-state index contributed by atoms with van der Waals surface area (Å²) in [6.45, 7) is 8.82.